The van der Waals surface area contributed by atoms with Gasteiger partial charge in [0.15, 0.2) is 0 Å². The average molecular weight is 300 g/mol. The Balaban J connectivity index is 1.67. The summed E-state index contributed by atoms with van der Waals surface area (Å²) in [6, 6.07) is 8.59. The topological polar surface area (TPSA) is 41.1 Å². The lowest BCUT2D eigenvalue weighted by atomic mass is 10.0. The molecule has 1 aliphatic heterocycles. The molecule has 1 unspecified atom stereocenters. The van der Waals surface area contributed by atoms with Gasteiger partial charge in [-0.1, -0.05) is 25.1 Å². The number of anilines is 2. The van der Waals surface area contributed by atoms with Crippen molar-refractivity contribution in [2.75, 3.05) is 23.3 Å². The van der Waals surface area contributed by atoms with Gasteiger partial charge in [-0.15, -0.1) is 0 Å². The van der Waals surface area contributed by atoms with Gasteiger partial charge in [-0.25, -0.2) is 9.37 Å². The van der Waals surface area contributed by atoms with Crippen molar-refractivity contribution in [3.63, 3.8) is 0 Å². The van der Waals surface area contributed by atoms with E-state index in [1.165, 1.54) is 18.9 Å². The Morgan fingerprint density at radius 2 is 2.18 bits per heavy atom. The summed E-state index contributed by atoms with van der Waals surface area (Å²) in [5, 5.41) is 3.17. The highest BCUT2D eigenvalue weighted by molar-refractivity contribution is 5.42. The van der Waals surface area contributed by atoms with Gasteiger partial charge in [0.25, 0.3) is 0 Å². The van der Waals surface area contributed by atoms with Crippen LogP contribution in [0.1, 0.15) is 25.3 Å². The molecule has 22 heavy (non-hydrogen) atoms. The van der Waals surface area contributed by atoms with E-state index in [4.69, 9.17) is 0 Å². The summed E-state index contributed by atoms with van der Waals surface area (Å²) in [7, 11) is 0. The van der Waals surface area contributed by atoms with Crippen LogP contribution in [0, 0.1) is 11.7 Å². The van der Waals surface area contributed by atoms with Crippen LogP contribution < -0.4 is 10.2 Å². The number of nitrogens with zero attached hydrogens (tertiary/aromatic N) is 3. The Bertz CT molecular complexity index is 632. The minimum atomic E-state index is -0.200. The Kier molecular flexibility index (Phi) is 4.51. The normalized spacial score (nSPS) is 18.3. The largest absolute Gasteiger partial charge is 0.366 e. The van der Waals surface area contributed by atoms with Crippen LogP contribution in [0.15, 0.2) is 36.5 Å². The van der Waals surface area contributed by atoms with Crippen LogP contribution in [0.5, 0.6) is 0 Å². The van der Waals surface area contributed by atoms with Gasteiger partial charge < -0.3 is 10.2 Å². The maximum atomic E-state index is 13.6. The fraction of sp³-hybridized carbons (Fsp3) is 0.412. The fourth-order valence-corrected chi connectivity index (χ4v) is 2.80. The second-order valence-electron chi connectivity index (χ2n) is 5.88. The minimum absolute atomic E-state index is 0.200. The van der Waals surface area contributed by atoms with E-state index in [1.807, 2.05) is 12.1 Å². The van der Waals surface area contributed by atoms with Crippen LogP contribution in [0.3, 0.4) is 0 Å². The second-order valence-corrected chi connectivity index (χ2v) is 5.88. The number of benzene rings is 1. The van der Waals surface area contributed by atoms with Gasteiger partial charge in [-0.2, -0.15) is 4.98 Å². The van der Waals surface area contributed by atoms with Crippen molar-refractivity contribution in [3.05, 3.63) is 47.9 Å². The van der Waals surface area contributed by atoms with Gasteiger partial charge in [0, 0.05) is 31.4 Å². The third kappa shape index (κ3) is 3.53. The molecule has 4 nitrogen and oxygen atoms in total. The number of piperidine rings is 1. The summed E-state index contributed by atoms with van der Waals surface area (Å²) in [4.78, 5) is 11.2. The van der Waals surface area contributed by atoms with E-state index < -0.39 is 0 Å². The van der Waals surface area contributed by atoms with Gasteiger partial charge in [0.2, 0.25) is 5.95 Å². The van der Waals surface area contributed by atoms with Crippen molar-refractivity contribution in [2.45, 2.75) is 26.3 Å². The molecule has 1 saturated heterocycles. The molecule has 0 spiro atoms. The maximum Gasteiger partial charge on any atom is 0.227 e. The average Bonchev–Trinajstić information content (AvgIpc) is 2.54. The highest BCUT2D eigenvalue weighted by Gasteiger charge is 2.18. The SMILES string of the molecule is CC1CCCN(c2nccc(NCc3ccccc3F)n2)C1. The maximum absolute atomic E-state index is 13.6. The van der Waals surface area contributed by atoms with E-state index in [0.29, 0.717) is 18.0 Å². The van der Waals surface area contributed by atoms with Crippen molar-refractivity contribution < 1.29 is 4.39 Å². The molecule has 2 heterocycles. The fourth-order valence-electron chi connectivity index (χ4n) is 2.80. The van der Waals surface area contributed by atoms with Crippen molar-refractivity contribution in [1.82, 2.24) is 9.97 Å². The number of hydrogen-bond acceptors (Lipinski definition) is 4. The lowest BCUT2D eigenvalue weighted by Gasteiger charge is -2.30. The third-order valence-corrected chi connectivity index (χ3v) is 4.00. The summed E-state index contributed by atoms with van der Waals surface area (Å²) in [6.07, 6.45) is 4.20. The number of halogens is 1. The highest BCUT2D eigenvalue weighted by atomic mass is 19.1. The molecule has 116 valence electrons. The van der Waals surface area contributed by atoms with Crippen LogP contribution in [0.2, 0.25) is 0 Å². The van der Waals surface area contributed by atoms with E-state index in [-0.39, 0.29) is 5.82 Å². The highest BCUT2D eigenvalue weighted by Crippen LogP contribution is 2.20. The molecule has 1 aromatic carbocycles. The summed E-state index contributed by atoms with van der Waals surface area (Å²) < 4.78 is 13.6. The van der Waals surface area contributed by atoms with E-state index in [9.17, 15) is 4.39 Å². The Labute approximate surface area is 130 Å². The Hall–Kier alpha value is -2.17. The Morgan fingerprint density at radius 1 is 1.32 bits per heavy atom. The molecule has 1 aliphatic rings. The molecule has 2 aromatic rings. The van der Waals surface area contributed by atoms with Gasteiger partial charge in [0.05, 0.1) is 0 Å². The van der Waals surface area contributed by atoms with Crippen LogP contribution in [0.25, 0.3) is 0 Å². The summed E-state index contributed by atoms with van der Waals surface area (Å²) in [5.74, 6) is 1.96. The third-order valence-electron chi connectivity index (χ3n) is 4.00. The first-order valence-electron chi connectivity index (χ1n) is 7.77. The first kappa shape index (κ1) is 14.8. The lowest BCUT2D eigenvalue weighted by Crippen LogP contribution is -2.35. The van der Waals surface area contributed by atoms with E-state index in [2.05, 4.69) is 27.1 Å². The molecule has 3 rings (SSSR count). The molecule has 1 fully saturated rings. The number of nitrogens with one attached hydrogen (secondary N) is 1. The van der Waals surface area contributed by atoms with Crippen LogP contribution in [-0.4, -0.2) is 23.1 Å². The quantitative estimate of drug-likeness (QED) is 0.939. The van der Waals surface area contributed by atoms with Crippen LogP contribution in [0.4, 0.5) is 16.2 Å². The lowest BCUT2D eigenvalue weighted by molar-refractivity contribution is 0.442. The van der Waals surface area contributed by atoms with Crippen molar-refractivity contribution in [1.29, 1.82) is 0 Å². The number of rotatable bonds is 4. The minimum Gasteiger partial charge on any atom is -0.366 e. The molecule has 0 amide bonds. The van der Waals surface area contributed by atoms with Gasteiger partial charge in [-0.05, 0) is 30.9 Å². The molecule has 0 saturated carbocycles. The first-order valence-corrected chi connectivity index (χ1v) is 7.77. The first-order chi connectivity index (χ1) is 10.7. The van der Waals surface area contributed by atoms with E-state index in [1.54, 1.807) is 18.3 Å². The molecule has 1 aromatic heterocycles. The summed E-state index contributed by atoms with van der Waals surface area (Å²) in [5.41, 5.74) is 0.634. The number of hydrogen-bond donors (Lipinski definition) is 1. The summed E-state index contributed by atoms with van der Waals surface area (Å²) >= 11 is 0. The van der Waals surface area contributed by atoms with E-state index in [0.717, 1.165) is 24.9 Å². The number of aromatic nitrogens is 2. The van der Waals surface area contributed by atoms with Crippen LogP contribution in [-0.2, 0) is 6.54 Å². The zero-order valence-corrected chi connectivity index (χ0v) is 12.8. The van der Waals surface area contributed by atoms with E-state index >= 15 is 0 Å². The van der Waals surface area contributed by atoms with Crippen molar-refractivity contribution in [3.8, 4) is 0 Å². The van der Waals surface area contributed by atoms with Gasteiger partial charge in [0.1, 0.15) is 11.6 Å². The molecule has 0 bridgehead atoms. The van der Waals surface area contributed by atoms with Crippen molar-refractivity contribution in [2.24, 2.45) is 5.92 Å². The van der Waals surface area contributed by atoms with Crippen molar-refractivity contribution >= 4 is 11.8 Å². The predicted molar refractivity (Wildman–Crippen MR) is 86.4 cm³/mol. The van der Waals surface area contributed by atoms with Gasteiger partial charge >= 0.3 is 0 Å². The molecule has 0 aliphatic carbocycles. The molecule has 5 heteroatoms. The zero-order chi connectivity index (χ0) is 15.4. The second kappa shape index (κ2) is 6.73. The molecular formula is C17H21FN4. The Morgan fingerprint density at radius 3 is 3.00 bits per heavy atom. The molecule has 1 atom stereocenters. The summed E-state index contributed by atoms with van der Waals surface area (Å²) in [6.45, 7) is 4.67. The monoisotopic (exact) mass is 300 g/mol. The predicted octanol–water partition coefficient (Wildman–Crippen LogP) is 3.46. The molecular weight excluding hydrogens is 279 g/mol. The van der Waals surface area contributed by atoms with Crippen LogP contribution >= 0.6 is 0 Å². The molecule has 1 N–H and O–H groups in total. The molecule has 0 radical (unpaired) electrons. The standard InChI is InChI=1S/C17H21FN4/c1-13-5-4-10-22(12-13)17-19-9-8-16(21-17)20-11-14-6-2-3-7-15(14)18/h2-3,6-9,13H,4-5,10-12H2,1H3,(H,19,20,21). The smallest absolute Gasteiger partial charge is 0.227 e. The zero-order valence-electron chi connectivity index (χ0n) is 12.8. The van der Waals surface area contributed by atoms with Gasteiger partial charge in [-0.3, -0.25) is 0 Å².